The fourth-order valence-electron chi connectivity index (χ4n) is 7.80. The fourth-order valence-corrected chi connectivity index (χ4v) is 7.80. The molecule has 0 atom stereocenters. The van der Waals surface area contributed by atoms with Crippen molar-refractivity contribution in [1.29, 1.82) is 0 Å². The third-order valence-electron chi connectivity index (χ3n) is 11.0. The Morgan fingerprint density at radius 2 is 0.623 bits per heavy atom. The van der Waals surface area contributed by atoms with Crippen molar-refractivity contribution in [1.82, 2.24) is 24.9 Å². The number of benzene rings is 4. The van der Waals surface area contributed by atoms with Gasteiger partial charge in [-0.15, -0.1) is 0 Å². The van der Waals surface area contributed by atoms with Crippen molar-refractivity contribution in [2.24, 2.45) is 4.99 Å². The second-order valence-electron chi connectivity index (χ2n) is 15.0. The van der Waals surface area contributed by atoms with E-state index < -0.39 is 0 Å². The summed E-state index contributed by atoms with van der Waals surface area (Å²) in [5.41, 5.74) is 19.2. The molecule has 0 amide bonds. The molecule has 1 aliphatic heterocycles. The summed E-state index contributed by atoms with van der Waals surface area (Å²) in [7, 11) is 0. The SMILES string of the molecule is C1=CCC(c2cccc(-c3cncc(-c4cc(-c5cncc(-c6cccc(-c7cccnc7)c6)c5)cc(-c5cncc(-c6cccc(-c7cccnc7)c6)c5)c4)c3)c2)=CN=C1. The zero-order valence-corrected chi connectivity index (χ0v) is 33.2. The van der Waals surface area contributed by atoms with Crippen molar-refractivity contribution in [2.75, 3.05) is 0 Å². The largest absolute Gasteiger partial charge is 0.264 e. The summed E-state index contributed by atoms with van der Waals surface area (Å²) in [6, 6.07) is 47.2. The Hall–Kier alpha value is -8.22. The summed E-state index contributed by atoms with van der Waals surface area (Å²) < 4.78 is 0. The second kappa shape index (κ2) is 16.9. The van der Waals surface area contributed by atoms with Gasteiger partial charge in [-0.25, -0.2) is 0 Å². The molecule has 0 unspecified atom stereocenters. The minimum atomic E-state index is 0.829. The highest BCUT2D eigenvalue weighted by molar-refractivity contribution is 5.86. The summed E-state index contributed by atoms with van der Waals surface area (Å²) >= 11 is 0. The quantitative estimate of drug-likeness (QED) is 0.146. The van der Waals surface area contributed by atoms with Crippen LogP contribution in [0, 0.1) is 0 Å². The number of allylic oxidation sites excluding steroid dienone is 3. The van der Waals surface area contributed by atoms with Gasteiger partial charge in [0.15, 0.2) is 0 Å². The van der Waals surface area contributed by atoms with E-state index in [4.69, 9.17) is 15.0 Å². The van der Waals surface area contributed by atoms with Crippen molar-refractivity contribution in [2.45, 2.75) is 6.42 Å². The Morgan fingerprint density at radius 3 is 1.05 bits per heavy atom. The van der Waals surface area contributed by atoms with Crippen LogP contribution < -0.4 is 0 Å². The summed E-state index contributed by atoms with van der Waals surface area (Å²) in [4.78, 5) is 27.5. The lowest BCUT2D eigenvalue weighted by atomic mass is 9.92. The van der Waals surface area contributed by atoms with Crippen molar-refractivity contribution in [3.05, 3.63) is 219 Å². The molecule has 0 N–H and O–H groups in total. The minimum absolute atomic E-state index is 0.829. The molecule has 0 fully saturated rings. The van der Waals surface area contributed by atoms with Gasteiger partial charge in [-0.05, 0) is 135 Å². The van der Waals surface area contributed by atoms with E-state index >= 15 is 0 Å². The van der Waals surface area contributed by atoms with Crippen LogP contribution in [0.1, 0.15) is 12.0 Å². The molecule has 6 heterocycles. The first-order valence-corrected chi connectivity index (χ1v) is 20.2. The second-order valence-corrected chi connectivity index (χ2v) is 15.0. The van der Waals surface area contributed by atoms with E-state index in [1.165, 1.54) is 5.57 Å². The Kier molecular flexibility index (Phi) is 10.3. The van der Waals surface area contributed by atoms with Crippen LogP contribution >= 0.6 is 0 Å². The van der Waals surface area contributed by atoms with Gasteiger partial charge in [-0.3, -0.25) is 29.9 Å². The highest BCUT2D eigenvalue weighted by Crippen LogP contribution is 2.37. The smallest absolute Gasteiger partial charge is 0.0346 e. The highest BCUT2D eigenvalue weighted by Gasteiger charge is 2.13. The topological polar surface area (TPSA) is 76.8 Å². The number of hydrogen-bond donors (Lipinski definition) is 0. The molecular formula is C55H38N6. The molecule has 6 heteroatoms. The standard InChI is InChI=1S/C55H38N6/c1-2-17-56-29-44(8-1)38-9-3-12-41(20-38)50-26-53(35-59-32-50)47-23-48(54-27-51(33-60-36-54)42-13-4-10-39(21-42)45-15-6-18-57-30-45)25-49(24-47)55-28-52(34-61-37-55)43-14-5-11-40(22-43)46-16-7-19-58-31-46/h1-7,9-37H,8H2. The highest BCUT2D eigenvalue weighted by atomic mass is 14.7. The zero-order chi connectivity index (χ0) is 40.8. The first-order chi connectivity index (χ1) is 30.2. The van der Waals surface area contributed by atoms with Gasteiger partial charge in [0.2, 0.25) is 0 Å². The van der Waals surface area contributed by atoms with Crippen LogP contribution in [0.4, 0.5) is 0 Å². The number of hydrogen-bond acceptors (Lipinski definition) is 6. The molecule has 0 aliphatic carbocycles. The van der Waals surface area contributed by atoms with Gasteiger partial charge < -0.3 is 0 Å². The van der Waals surface area contributed by atoms with Crippen molar-refractivity contribution >= 4 is 11.8 Å². The van der Waals surface area contributed by atoms with Crippen LogP contribution in [0.2, 0.25) is 0 Å². The minimum Gasteiger partial charge on any atom is -0.264 e. The lowest BCUT2D eigenvalue weighted by Crippen LogP contribution is -1.91. The molecule has 0 saturated heterocycles. The molecule has 6 nitrogen and oxygen atoms in total. The first-order valence-electron chi connectivity index (χ1n) is 20.2. The normalized spacial score (nSPS) is 12.2. The predicted octanol–water partition coefficient (Wildman–Crippen LogP) is 13.4. The molecule has 288 valence electrons. The molecule has 61 heavy (non-hydrogen) atoms. The maximum absolute atomic E-state index is 4.79. The maximum atomic E-state index is 4.79. The molecule has 0 bridgehead atoms. The van der Waals surface area contributed by atoms with E-state index in [1.807, 2.05) is 80.2 Å². The molecule has 0 spiro atoms. The number of pyridine rings is 5. The van der Waals surface area contributed by atoms with Crippen LogP contribution in [0.15, 0.2) is 219 Å². The van der Waals surface area contributed by atoms with Crippen LogP contribution in [-0.4, -0.2) is 31.1 Å². The lowest BCUT2D eigenvalue weighted by molar-refractivity contribution is 1.31. The summed E-state index contributed by atoms with van der Waals surface area (Å²) in [5, 5.41) is 0. The molecule has 9 aromatic rings. The van der Waals surface area contributed by atoms with Gasteiger partial charge in [-0.1, -0.05) is 72.8 Å². The number of aromatic nitrogens is 5. The number of nitrogens with zero attached hydrogens (tertiary/aromatic N) is 6. The lowest BCUT2D eigenvalue weighted by Gasteiger charge is -2.14. The van der Waals surface area contributed by atoms with Gasteiger partial charge in [0.25, 0.3) is 0 Å². The van der Waals surface area contributed by atoms with E-state index in [-0.39, 0.29) is 0 Å². The Labute approximate surface area is 355 Å². The van der Waals surface area contributed by atoms with Crippen LogP contribution in [0.3, 0.4) is 0 Å². The molecule has 0 radical (unpaired) electrons. The van der Waals surface area contributed by atoms with E-state index in [0.717, 1.165) is 101 Å². The maximum Gasteiger partial charge on any atom is 0.0346 e. The van der Waals surface area contributed by atoms with Crippen LogP contribution in [0.5, 0.6) is 0 Å². The summed E-state index contributed by atoms with van der Waals surface area (Å²) in [6.07, 6.45) is 27.7. The average Bonchev–Trinajstić information content (AvgIpc) is 3.65. The van der Waals surface area contributed by atoms with Gasteiger partial charge in [0, 0.05) is 119 Å². The van der Waals surface area contributed by atoms with Crippen LogP contribution in [-0.2, 0) is 0 Å². The molecule has 10 rings (SSSR count). The van der Waals surface area contributed by atoms with E-state index in [2.05, 4.69) is 142 Å². The molecule has 4 aromatic carbocycles. The first kappa shape index (κ1) is 37.1. The summed E-state index contributed by atoms with van der Waals surface area (Å²) in [6.45, 7) is 0. The van der Waals surface area contributed by atoms with Crippen LogP contribution in [0.25, 0.3) is 94.6 Å². The monoisotopic (exact) mass is 782 g/mol. The van der Waals surface area contributed by atoms with Gasteiger partial charge in [0.1, 0.15) is 0 Å². The third-order valence-corrected chi connectivity index (χ3v) is 11.0. The Bertz CT molecular complexity index is 2970. The van der Waals surface area contributed by atoms with E-state index in [0.29, 0.717) is 0 Å². The van der Waals surface area contributed by atoms with E-state index in [9.17, 15) is 0 Å². The van der Waals surface area contributed by atoms with Crippen molar-refractivity contribution < 1.29 is 0 Å². The molecule has 1 aliphatic rings. The molecule has 0 saturated carbocycles. The molecular weight excluding hydrogens is 745 g/mol. The predicted molar refractivity (Wildman–Crippen MR) is 249 cm³/mol. The Balaban J connectivity index is 1.07. The van der Waals surface area contributed by atoms with Gasteiger partial charge >= 0.3 is 0 Å². The molecule has 5 aromatic heterocycles. The number of aliphatic imine (C=N–C) groups is 1. The average molecular weight is 783 g/mol. The fraction of sp³-hybridized carbons (Fsp3) is 0.0182. The Morgan fingerprint density at radius 1 is 0.295 bits per heavy atom. The van der Waals surface area contributed by atoms with E-state index in [1.54, 1.807) is 12.4 Å². The van der Waals surface area contributed by atoms with Gasteiger partial charge in [0.05, 0.1) is 0 Å². The van der Waals surface area contributed by atoms with Crippen molar-refractivity contribution in [3.8, 4) is 89.0 Å². The zero-order valence-electron chi connectivity index (χ0n) is 33.2. The van der Waals surface area contributed by atoms with Gasteiger partial charge in [-0.2, -0.15) is 0 Å². The van der Waals surface area contributed by atoms with Crippen molar-refractivity contribution in [3.63, 3.8) is 0 Å². The number of rotatable bonds is 9. The summed E-state index contributed by atoms with van der Waals surface area (Å²) in [5.74, 6) is 0. The third kappa shape index (κ3) is 8.24.